The Morgan fingerprint density at radius 2 is 1.80 bits per heavy atom. The Labute approximate surface area is 178 Å². The summed E-state index contributed by atoms with van der Waals surface area (Å²) in [6, 6.07) is 6.80. The second-order valence-electron chi connectivity index (χ2n) is 7.54. The van der Waals surface area contributed by atoms with Crippen LogP contribution in [-0.4, -0.2) is 68.6 Å². The van der Waals surface area contributed by atoms with Crippen LogP contribution in [0.2, 0.25) is 0 Å². The molecule has 0 radical (unpaired) electrons. The number of amides is 2. The number of methoxy groups -OCH3 is 1. The molecular formula is C22H34N3O5+. The summed E-state index contributed by atoms with van der Waals surface area (Å²) in [6.07, 6.45) is 1.24. The molecule has 1 aliphatic rings. The van der Waals surface area contributed by atoms with Gasteiger partial charge in [-0.25, -0.2) is 0 Å². The highest BCUT2D eigenvalue weighted by molar-refractivity contribution is 5.91. The van der Waals surface area contributed by atoms with Crippen molar-refractivity contribution in [1.82, 2.24) is 4.90 Å². The molecule has 0 spiro atoms. The summed E-state index contributed by atoms with van der Waals surface area (Å²) >= 11 is 0. The molecular weight excluding hydrogens is 386 g/mol. The number of hydrogen-bond acceptors (Lipinski definition) is 5. The van der Waals surface area contributed by atoms with Crippen molar-refractivity contribution < 1.29 is 28.8 Å². The molecule has 2 rings (SSSR count). The summed E-state index contributed by atoms with van der Waals surface area (Å²) < 4.78 is 10.2. The van der Waals surface area contributed by atoms with Gasteiger partial charge in [-0.15, -0.1) is 0 Å². The van der Waals surface area contributed by atoms with Crippen molar-refractivity contribution in [2.75, 3.05) is 45.2 Å². The third-order valence-electron chi connectivity index (χ3n) is 5.62. The molecule has 30 heavy (non-hydrogen) atoms. The number of nitrogens with one attached hydrogen (secondary N) is 2. The predicted molar refractivity (Wildman–Crippen MR) is 113 cm³/mol. The topological polar surface area (TPSA) is 89.4 Å². The van der Waals surface area contributed by atoms with E-state index in [9.17, 15) is 14.4 Å². The van der Waals surface area contributed by atoms with E-state index >= 15 is 0 Å². The number of carbonyl (C=O) groups excluding carboxylic acids is 3. The van der Waals surface area contributed by atoms with Crippen LogP contribution in [0.3, 0.4) is 0 Å². The zero-order chi connectivity index (χ0) is 22.1. The van der Waals surface area contributed by atoms with E-state index in [0.29, 0.717) is 44.8 Å². The smallest absolute Gasteiger partial charge is 0.309 e. The number of benzene rings is 1. The number of ether oxygens (including phenoxy) is 2. The van der Waals surface area contributed by atoms with Gasteiger partial charge in [0.2, 0.25) is 0 Å². The Bertz CT molecular complexity index is 714. The number of likely N-dealkylation sites (tertiary alicyclic amines) is 1. The van der Waals surface area contributed by atoms with Crippen LogP contribution in [0.1, 0.15) is 33.6 Å². The molecule has 8 nitrogen and oxygen atoms in total. The van der Waals surface area contributed by atoms with E-state index in [1.807, 2.05) is 13.8 Å². The molecule has 2 N–H and O–H groups in total. The number of rotatable bonds is 9. The summed E-state index contributed by atoms with van der Waals surface area (Å²) in [5, 5.41) is 2.87. The van der Waals surface area contributed by atoms with Gasteiger partial charge < -0.3 is 24.6 Å². The number of hydrogen-bond donors (Lipinski definition) is 2. The molecule has 2 atom stereocenters. The summed E-state index contributed by atoms with van der Waals surface area (Å²) in [5.41, 5.74) is 0.691. The largest absolute Gasteiger partial charge is 0.497 e. The lowest BCUT2D eigenvalue weighted by Crippen LogP contribution is -3.17. The molecule has 1 saturated heterocycles. The van der Waals surface area contributed by atoms with Gasteiger partial charge in [-0.1, -0.05) is 0 Å². The van der Waals surface area contributed by atoms with Crippen molar-refractivity contribution in [3.8, 4) is 5.75 Å². The Hall–Kier alpha value is -2.61. The van der Waals surface area contributed by atoms with Gasteiger partial charge in [-0.2, -0.15) is 0 Å². The first-order chi connectivity index (χ1) is 14.4. The van der Waals surface area contributed by atoms with Gasteiger partial charge in [0.05, 0.1) is 26.2 Å². The lowest BCUT2D eigenvalue weighted by atomic mass is 9.96. The normalized spacial score (nSPS) is 16.5. The number of piperidine rings is 1. The monoisotopic (exact) mass is 420 g/mol. The summed E-state index contributed by atoms with van der Waals surface area (Å²) in [7, 11) is 1.59. The zero-order valence-corrected chi connectivity index (χ0v) is 18.4. The number of likely N-dealkylation sites (N-methyl/N-ethyl adjacent to an activating group) is 1. The first-order valence-electron chi connectivity index (χ1n) is 10.6. The Morgan fingerprint density at radius 3 is 2.33 bits per heavy atom. The zero-order valence-electron chi connectivity index (χ0n) is 18.4. The molecule has 0 aliphatic carbocycles. The highest BCUT2D eigenvalue weighted by atomic mass is 16.5. The van der Waals surface area contributed by atoms with Crippen LogP contribution in [0.15, 0.2) is 24.3 Å². The number of quaternary nitrogens is 1. The quantitative estimate of drug-likeness (QED) is 0.575. The first-order valence-corrected chi connectivity index (χ1v) is 10.6. The van der Waals surface area contributed by atoms with Gasteiger partial charge in [0.25, 0.3) is 11.8 Å². The van der Waals surface area contributed by atoms with E-state index < -0.39 is 0 Å². The lowest BCUT2D eigenvalue weighted by molar-refractivity contribution is -0.904. The van der Waals surface area contributed by atoms with Crippen LogP contribution in [0.25, 0.3) is 0 Å². The second kappa shape index (κ2) is 11.5. The average Bonchev–Trinajstić information content (AvgIpc) is 2.77. The molecule has 1 aromatic carbocycles. The Balaban J connectivity index is 1.87. The van der Waals surface area contributed by atoms with Gasteiger partial charge in [0, 0.05) is 18.8 Å². The van der Waals surface area contributed by atoms with Crippen LogP contribution in [0.5, 0.6) is 5.75 Å². The minimum Gasteiger partial charge on any atom is -0.497 e. The fraction of sp³-hybridized carbons (Fsp3) is 0.591. The van der Waals surface area contributed by atoms with E-state index in [1.165, 1.54) is 0 Å². The fourth-order valence-corrected chi connectivity index (χ4v) is 3.71. The van der Waals surface area contributed by atoms with Crippen molar-refractivity contribution in [2.45, 2.75) is 39.7 Å². The van der Waals surface area contributed by atoms with E-state index in [1.54, 1.807) is 43.2 Å². The maximum absolute atomic E-state index is 13.0. The molecule has 166 valence electrons. The second-order valence-corrected chi connectivity index (χ2v) is 7.54. The van der Waals surface area contributed by atoms with Crippen molar-refractivity contribution >= 4 is 23.5 Å². The van der Waals surface area contributed by atoms with Crippen molar-refractivity contribution in [3.63, 3.8) is 0 Å². The van der Waals surface area contributed by atoms with Gasteiger partial charge in [-0.05, 0) is 57.9 Å². The number of esters is 1. The summed E-state index contributed by atoms with van der Waals surface area (Å²) in [6.45, 7) is 7.94. The molecule has 0 aromatic heterocycles. The van der Waals surface area contributed by atoms with Gasteiger partial charge >= 0.3 is 5.97 Å². The van der Waals surface area contributed by atoms with Crippen molar-refractivity contribution in [3.05, 3.63) is 24.3 Å². The molecule has 1 fully saturated rings. The molecule has 0 bridgehead atoms. The van der Waals surface area contributed by atoms with Crippen LogP contribution < -0.4 is 15.0 Å². The Morgan fingerprint density at radius 1 is 1.17 bits per heavy atom. The van der Waals surface area contributed by atoms with E-state index in [4.69, 9.17) is 9.47 Å². The predicted octanol–water partition coefficient (Wildman–Crippen LogP) is 0.729. The van der Waals surface area contributed by atoms with Crippen LogP contribution >= 0.6 is 0 Å². The van der Waals surface area contributed by atoms with Crippen LogP contribution in [0.4, 0.5) is 5.69 Å². The third-order valence-corrected chi connectivity index (χ3v) is 5.62. The number of carbonyl (C=O) groups is 3. The molecule has 1 aromatic rings. The van der Waals surface area contributed by atoms with E-state index in [2.05, 4.69) is 5.32 Å². The van der Waals surface area contributed by atoms with E-state index in [-0.39, 0.29) is 36.3 Å². The molecule has 0 saturated carbocycles. The maximum atomic E-state index is 13.0. The SMILES string of the molecule is CCOC(=O)C1CCN(C(=O)[C@H](C)[NH+](CC)CC(=O)Nc2ccc(OC)cc2)CC1. The maximum Gasteiger partial charge on any atom is 0.309 e. The Kier molecular flexibility index (Phi) is 9.11. The molecule has 2 amide bonds. The van der Waals surface area contributed by atoms with E-state index in [0.717, 1.165) is 10.6 Å². The highest BCUT2D eigenvalue weighted by Crippen LogP contribution is 2.19. The van der Waals surface area contributed by atoms with Gasteiger partial charge in [0.15, 0.2) is 12.6 Å². The number of anilines is 1. The van der Waals surface area contributed by atoms with Crippen LogP contribution in [0, 0.1) is 5.92 Å². The van der Waals surface area contributed by atoms with Crippen LogP contribution in [-0.2, 0) is 19.1 Å². The third kappa shape index (κ3) is 6.45. The average molecular weight is 421 g/mol. The first kappa shape index (κ1) is 23.7. The molecule has 1 heterocycles. The minimum absolute atomic E-state index is 0.0198. The van der Waals surface area contributed by atoms with Crippen molar-refractivity contribution in [1.29, 1.82) is 0 Å². The van der Waals surface area contributed by atoms with Gasteiger partial charge in [0.1, 0.15) is 5.75 Å². The lowest BCUT2D eigenvalue weighted by Gasteiger charge is -2.34. The summed E-state index contributed by atoms with van der Waals surface area (Å²) in [4.78, 5) is 40.0. The number of nitrogens with zero attached hydrogens (tertiary/aromatic N) is 1. The minimum atomic E-state index is -0.337. The van der Waals surface area contributed by atoms with Gasteiger partial charge in [-0.3, -0.25) is 14.4 Å². The molecule has 1 unspecified atom stereocenters. The standard InChI is InChI=1S/C22H33N3O5/c1-5-24(15-20(26)23-18-7-9-19(29-4)10-8-18)16(3)21(27)25-13-11-17(12-14-25)22(28)30-6-2/h7-10,16-17H,5-6,11-15H2,1-4H3,(H,23,26)/p+1/t16-/m0/s1. The highest BCUT2D eigenvalue weighted by Gasteiger charge is 2.34. The fourth-order valence-electron chi connectivity index (χ4n) is 3.71. The summed E-state index contributed by atoms with van der Waals surface area (Å²) in [5.74, 6) is 0.298. The molecule has 8 heteroatoms. The van der Waals surface area contributed by atoms with Crippen molar-refractivity contribution in [2.24, 2.45) is 5.92 Å². The molecule has 1 aliphatic heterocycles.